The van der Waals surface area contributed by atoms with E-state index in [4.69, 9.17) is 4.42 Å². The molecule has 0 N–H and O–H groups in total. The number of rotatable bonds is 6. The van der Waals surface area contributed by atoms with Crippen LogP contribution in [0.15, 0.2) is 217 Å². The van der Waals surface area contributed by atoms with Crippen LogP contribution >= 0.6 is 0 Å². The third-order valence-corrected chi connectivity index (χ3v) is 11.2. The monoisotopic (exact) mass is 713 g/mol. The predicted molar refractivity (Wildman–Crippen MR) is 237 cm³/mol. The number of para-hydroxylation sites is 1. The Kier molecular flexibility index (Phi) is 7.53. The molecule has 10 aromatic carbocycles. The van der Waals surface area contributed by atoms with Crippen LogP contribution in [0.3, 0.4) is 0 Å². The van der Waals surface area contributed by atoms with Gasteiger partial charge in [-0.3, -0.25) is 0 Å². The van der Waals surface area contributed by atoms with Crippen molar-refractivity contribution in [3.63, 3.8) is 0 Å². The maximum atomic E-state index is 6.92. The minimum Gasteiger partial charge on any atom is -0.455 e. The molecule has 0 saturated heterocycles. The van der Waals surface area contributed by atoms with Gasteiger partial charge >= 0.3 is 0 Å². The molecule has 0 unspecified atom stereocenters. The first kappa shape index (κ1) is 32.0. The van der Waals surface area contributed by atoms with E-state index >= 15 is 0 Å². The Morgan fingerprint density at radius 3 is 1.66 bits per heavy atom. The van der Waals surface area contributed by atoms with Crippen LogP contribution in [-0.2, 0) is 0 Å². The summed E-state index contributed by atoms with van der Waals surface area (Å²) in [6.07, 6.45) is 0. The summed E-state index contributed by atoms with van der Waals surface area (Å²) in [5.41, 5.74) is 11.9. The zero-order chi connectivity index (χ0) is 37.0. The normalized spacial score (nSPS) is 11.6. The molecule has 0 atom stereocenters. The lowest BCUT2D eigenvalue weighted by Crippen LogP contribution is -2.11. The van der Waals surface area contributed by atoms with Crippen molar-refractivity contribution in [2.45, 2.75) is 0 Å². The van der Waals surface area contributed by atoms with Gasteiger partial charge in [0.2, 0.25) is 0 Å². The molecule has 0 aliphatic rings. The van der Waals surface area contributed by atoms with Gasteiger partial charge in [0.1, 0.15) is 11.2 Å². The van der Waals surface area contributed by atoms with E-state index in [1.165, 1.54) is 54.6 Å². The van der Waals surface area contributed by atoms with Crippen LogP contribution < -0.4 is 4.90 Å². The summed E-state index contributed by atoms with van der Waals surface area (Å²) in [7, 11) is 0. The van der Waals surface area contributed by atoms with Crippen molar-refractivity contribution in [3.05, 3.63) is 212 Å². The fourth-order valence-corrected chi connectivity index (χ4v) is 8.62. The molecular formula is C54H35NO. The average Bonchev–Trinajstić information content (AvgIpc) is 3.67. The molecule has 2 nitrogen and oxygen atoms in total. The first-order chi connectivity index (χ1) is 27.8. The van der Waals surface area contributed by atoms with E-state index in [9.17, 15) is 0 Å². The lowest BCUT2D eigenvalue weighted by atomic mass is 9.93. The van der Waals surface area contributed by atoms with Gasteiger partial charge in [0.15, 0.2) is 0 Å². The van der Waals surface area contributed by atoms with Crippen molar-refractivity contribution < 1.29 is 4.42 Å². The van der Waals surface area contributed by atoms with Gasteiger partial charge < -0.3 is 9.32 Å². The van der Waals surface area contributed by atoms with Crippen LogP contribution in [0.2, 0.25) is 0 Å². The molecule has 0 radical (unpaired) electrons. The smallest absolute Gasteiger partial charge is 0.145 e. The Hall–Kier alpha value is -7.42. The van der Waals surface area contributed by atoms with Crippen molar-refractivity contribution >= 4 is 71.3 Å². The van der Waals surface area contributed by atoms with E-state index in [2.05, 4.69) is 217 Å². The summed E-state index contributed by atoms with van der Waals surface area (Å²) in [5, 5.41) is 9.46. The van der Waals surface area contributed by atoms with Gasteiger partial charge in [0, 0.05) is 22.3 Å². The summed E-state index contributed by atoms with van der Waals surface area (Å²) in [6.45, 7) is 0. The van der Waals surface area contributed by atoms with Crippen LogP contribution in [0, 0.1) is 0 Å². The standard InChI is InChI=1S/C54H35NO/c1-3-14-36(15-4-1)45-31-30-42(35-49(45)38-16-5-2-6-17-38)55(41-29-28-40-27-26-39-19-8-10-22-44(39)50(40)34-41)51-33-32-47(46-24-13-20-37-18-7-9-21-43(37)46)54-53(51)48-23-11-12-25-52(48)56-54/h1-35H. The number of hydrogen-bond acceptors (Lipinski definition) is 2. The van der Waals surface area contributed by atoms with Gasteiger partial charge in [-0.05, 0) is 103 Å². The molecule has 0 spiro atoms. The van der Waals surface area contributed by atoms with Crippen molar-refractivity contribution in [2.24, 2.45) is 0 Å². The summed E-state index contributed by atoms with van der Waals surface area (Å²) in [4.78, 5) is 2.43. The Morgan fingerprint density at radius 2 is 0.875 bits per heavy atom. The number of benzene rings is 10. The summed E-state index contributed by atoms with van der Waals surface area (Å²) in [5.74, 6) is 0. The Balaban J connectivity index is 1.23. The van der Waals surface area contributed by atoms with E-state index in [1.807, 2.05) is 0 Å². The number of nitrogens with zero attached hydrogens (tertiary/aromatic N) is 1. The lowest BCUT2D eigenvalue weighted by molar-refractivity contribution is 0.670. The second-order valence-corrected chi connectivity index (χ2v) is 14.5. The highest BCUT2D eigenvalue weighted by Gasteiger charge is 2.24. The van der Waals surface area contributed by atoms with Crippen LogP contribution in [0.4, 0.5) is 17.1 Å². The van der Waals surface area contributed by atoms with Crippen molar-refractivity contribution in [2.75, 3.05) is 4.90 Å². The van der Waals surface area contributed by atoms with Crippen molar-refractivity contribution in [3.8, 4) is 33.4 Å². The van der Waals surface area contributed by atoms with Gasteiger partial charge in [-0.25, -0.2) is 0 Å². The first-order valence-corrected chi connectivity index (χ1v) is 19.2. The van der Waals surface area contributed by atoms with E-state index in [1.54, 1.807) is 0 Å². The zero-order valence-electron chi connectivity index (χ0n) is 30.6. The second-order valence-electron chi connectivity index (χ2n) is 14.5. The van der Waals surface area contributed by atoms with E-state index < -0.39 is 0 Å². The molecule has 262 valence electrons. The summed E-state index contributed by atoms with van der Waals surface area (Å²) in [6, 6.07) is 76.5. The molecular weight excluding hydrogens is 679 g/mol. The zero-order valence-corrected chi connectivity index (χ0v) is 30.6. The molecule has 1 aromatic heterocycles. The Bertz CT molecular complexity index is 3250. The number of hydrogen-bond donors (Lipinski definition) is 0. The van der Waals surface area contributed by atoms with Crippen LogP contribution in [-0.4, -0.2) is 0 Å². The summed E-state index contributed by atoms with van der Waals surface area (Å²) < 4.78 is 6.92. The molecule has 0 bridgehead atoms. The molecule has 0 fully saturated rings. The molecule has 0 aliphatic carbocycles. The average molecular weight is 714 g/mol. The SMILES string of the molecule is c1ccc(-c2ccc(N(c3ccc4ccc5ccccc5c4c3)c3ccc(-c4cccc5ccccc45)c4oc5ccccc5c34)cc2-c2ccccc2)cc1. The van der Waals surface area contributed by atoms with E-state index in [0.29, 0.717) is 0 Å². The van der Waals surface area contributed by atoms with E-state index in [-0.39, 0.29) is 0 Å². The molecule has 0 amide bonds. The molecule has 56 heavy (non-hydrogen) atoms. The molecule has 1 heterocycles. The Labute approximate surface area is 325 Å². The summed E-state index contributed by atoms with van der Waals surface area (Å²) >= 11 is 0. The topological polar surface area (TPSA) is 16.4 Å². The molecule has 2 heteroatoms. The highest BCUT2D eigenvalue weighted by atomic mass is 16.3. The van der Waals surface area contributed by atoms with Gasteiger partial charge in [0.05, 0.1) is 11.1 Å². The van der Waals surface area contributed by atoms with Gasteiger partial charge in [-0.2, -0.15) is 0 Å². The molecule has 0 saturated carbocycles. The fraction of sp³-hybridized carbons (Fsp3) is 0. The third kappa shape index (κ3) is 5.26. The first-order valence-electron chi connectivity index (χ1n) is 19.2. The van der Waals surface area contributed by atoms with Crippen molar-refractivity contribution in [1.82, 2.24) is 0 Å². The van der Waals surface area contributed by atoms with Crippen LogP contribution in [0.1, 0.15) is 0 Å². The fourth-order valence-electron chi connectivity index (χ4n) is 8.62. The van der Waals surface area contributed by atoms with Gasteiger partial charge in [0.25, 0.3) is 0 Å². The van der Waals surface area contributed by atoms with Gasteiger partial charge in [-0.15, -0.1) is 0 Å². The van der Waals surface area contributed by atoms with Gasteiger partial charge in [-0.1, -0.05) is 170 Å². The molecule has 11 rings (SSSR count). The third-order valence-electron chi connectivity index (χ3n) is 11.2. The number of fused-ring (bicyclic) bond motifs is 7. The number of furan rings is 1. The Morgan fingerprint density at radius 1 is 0.321 bits per heavy atom. The lowest BCUT2D eigenvalue weighted by Gasteiger charge is -2.28. The molecule has 11 aromatic rings. The minimum atomic E-state index is 0.866. The maximum absolute atomic E-state index is 6.92. The molecule has 0 aliphatic heterocycles. The van der Waals surface area contributed by atoms with Crippen LogP contribution in [0.25, 0.3) is 87.6 Å². The highest BCUT2D eigenvalue weighted by molar-refractivity contribution is 6.19. The van der Waals surface area contributed by atoms with Crippen molar-refractivity contribution in [1.29, 1.82) is 0 Å². The van der Waals surface area contributed by atoms with E-state index in [0.717, 1.165) is 50.1 Å². The maximum Gasteiger partial charge on any atom is 0.145 e. The predicted octanol–water partition coefficient (Wildman–Crippen LogP) is 15.5. The van der Waals surface area contributed by atoms with Crippen LogP contribution in [0.5, 0.6) is 0 Å². The largest absolute Gasteiger partial charge is 0.455 e. The quantitative estimate of drug-likeness (QED) is 0.160. The second kappa shape index (κ2) is 13.2. The minimum absolute atomic E-state index is 0.866. The number of anilines is 3. The highest BCUT2D eigenvalue weighted by Crippen LogP contribution is 2.48.